The van der Waals surface area contributed by atoms with E-state index in [0.717, 1.165) is 0 Å². The largest absolute Gasteiger partial charge is 0.383 e. The molecular formula is C12H20N3O6PS. The molecular weight excluding hydrogens is 345 g/mol. The van der Waals surface area contributed by atoms with Crippen LogP contribution in [0.3, 0.4) is 0 Å². The van der Waals surface area contributed by atoms with Gasteiger partial charge in [0.1, 0.15) is 18.1 Å². The molecule has 1 saturated heterocycles. The molecule has 23 heavy (non-hydrogen) atoms. The number of rotatable bonds is 6. The molecule has 0 bridgehead atoms. The molecule has 4 unspecified atom stereocenters. The van der Waals surface area contributed by atoms with Gasteiger partial charge in [0.05, 0.1) is 12.7 Å². The van der Waals surface area contributed by atoms with E-state index >= 15 is 0 Å². The van der Waals surface area contributed by atoms with E-state index < -0.39 is 30.8 Å². The predicted molar refractivity (Wildman–Crippen MR) is 86.4 cm³/mol. The topological polar surface area (TPSA) is 118 Å². The van der Waals surface area contributed by atoms with Crippen LogP contribution in [0.4, 0.5) is 5.82 Å². The summed E-state index contributed by atoms with van der Waals surface area (Å²) in [5.41, 5.74) is 5.76. The average molecular weight is 365 g/mol. The highest BCUT2D eigenvalue weighted by Gasteiger charge is 2.40. The highest BCUT2D eigenvalue weighted by molar-refractivity contribution is 8.07. The van der Waals surface area contributed by atoms with Gasteiger partial charge in [-0.05, 0) is 18.7 Å². The number of methoxy groups -OCH3 is 1. The van der Waals surface area contributed by atoms with Crippen molar-refractivity contribution < 1.29 is 23.4 Å². The van der Waals surface area contributed by atoms with Crippen molar-refractivity contribution in [3.05, 3.63) is 22.2 Å². The molecule has 0 aliphatic carbocycles. The molecule has 3 N–H and O–H groups in total. The minimum atomic E-state index is -3.36. The molecule has 1 fully saturated rings. The van der Waals surface area contributed by atoms with Crippen molar-refractivity contribution in [3.63, 3.8) is 0 Å². The summed E-state index contributed by atoms with van der Waals surface area (Å²) in [4.78, 5) is 25.6. The van der Waals surface area contributed by atoms with Gasteiger partial charge < -0.3 is 29.1 Å². The molecule has 11 heteroatoms. The molecule has 1 aromatic rings. The van der Waals surface area contributed by atoms with E-state index in [1.54, 1.807) is 13.1 Å². The van der Waals surface area contributed by atoms with E-state index in [4.69, 9.17) is 36.1 Å². The first-order valence-electron chi connectivity index (χ1n) is 6.84. The SMILES string of the molecule is COCC1OC(n2cc(C)c(N)nc2=O)CC1OP(O)(=S)OC. The van der Waals surface area contributed by atoms with Crippen LogP contribution in [0, 0.1) is 6.92 Å². The Labute approximate surface area is 138 Å². The maximum atomic E-state index is 12.0. The van der Waals surface area contributed by atoms with Crippen molar-refractivity contribution in [2.75, 3.05) is 26.6 Å². The molecule has 0 amide bonds. The highest BCUT2D eigenvalue weighted by atomic mass is 32.5. The Hall–Kier alpha value is -0.870. The summed E-state index contributed by atoms with van der Waals surface area (Å²) in [6.45, 7) is -1.40. The standard InChI is InChI=1S/C12H20N3O6PS/c1-7-5-15(12(16)14-11(7)13)10-4-8(9(20-10)6-18-2)21-22(17,23)19-3/h5,8-10H,4,6H2,1-3H3,(H,17,23)(H2,13,14,16). The lowest BCUT2D eigenvalue weighted by atomic mass is 10.2. The van der Waals surface area contributed by atoms with E-state index in [2.05, 4.69) is 4.98 Å². The zero-order chi connectivity index (χ0) is 17.2. The van der Waals surface area contributed by atoms with Crippen LogP contribution in [0.2, 0.25) is 0 Å². The fourth-order valence-corrected chi connectivity index (χ4v) is 3.28. The zero-order valence-corrected chi connectivity index (χ0v) is 14.8. The second-order valence-corrected chi connectivity index (χ2v) is 8.01. The Morgan fingerprint density at radius 3 is 2.91 bits per heavy atom. The van der Waals surface area contributed by atoms with Crippen LogP contribution in [-0.2, 0) is 30.3 Å². The lowest BCUT2D eigenvalue weighted by Crippen LogP contribution is -2.29. The smallest absolute Gasteiger partial charge is 0.351 e. The molecule has 1 aromatic heterocycles. The lowest BCUT2D eigenvalue weighted by Gasteiger charge is -2.21. The summed E-state index contributed by atoms with van der Waals surface area (Å²) in [7, 11) is 2.79. The molecule has 130 valence electrons. The number of nitrogens with zero attached hydrogens (tertiary/aromatic N) is 2. The monoisotopic (exact) mass is 365 g/mol. The minimum absolute atomic E-state index is 0.177. The maximum absolute atomic E-state index is 12.0. The third kappa shape index (κ3) is 4.36. The van der Waals surface area contributed by atoms with Crippen molar-refractivity contribution in [1.82, 2.24) is 9.55 Å². The number of hydrogen-bond donors (Lipinski definition) is 2. The quantitative estimate of drug-likeness (QED) is 0.687. The second-order valence-electron chi connectivity index (χ2n) is 5.11. The molecule has 0 saturated carbocycles. The number of aromatic nitrogens is 2. The van der Waals surface area contributed by atoms with Gasteiger partial charge in [-0.2, -0.15) is 4.98 Å². The van der Waals surface area contributed by atoms with Crippen molar-refractivity contribution in [3.8, 4) is 0 Å². The first-order valence-corrected chi connectivity index (χ1v) is 9.43. The van der Waals surface area contributed by atoms with E-state index in [1.807, 2.05) is 0 Å². The van der Waals surface area contributed by atoms with Crippen LogP contribution in [0.1, 0.15) is 18.2 Å². The Kier molecular flexibility index (Phi) is 5.90. The maximum Gasteiger partial charge on any atom is 0.351 e. The Morgan fingerprint density at radius 2 is 2.30 bits per heavy atom. The molecule has 2 rings (SSSR count). The number of nitrogen functional groups attached to an aromatic ring is 1. The normalized spacial score (nSPS) is 27.0. The number of nitrogens with two attached hydrogens (primary N) is 1. The number of hydrogen-bond acceptors (Lipinski definition) is 8. The Balaban J connectivity index is 2.24. The van der Waals surface area contributed by atoms with Gasteiger partial charge in [-0.3, -0.25) is 4.57 Å². The molecule has 1 aliphatic rings. The first-order chi connectivity index (χ1) is 10.8. The van der Waals surface area contributed by atoms with E-state index in [9.17, 15) is 9.69 Å². The van der Waals surface area contributed by atoms with Crippen molar-refractivity contribution >= 4 is 24.3 Å². The molecule has 2 heterocycles. The van der Waals surface area contributed by atoms with Gasteiger partial charge in [0.25, 0.3) is 0 Å². The van der Waals surface area contributed by atoms with Gasteiger partial charge in [0.15, 0.2) is 0 Å². The van der Waals surface area contributed by atoms with E-state index in [1.165, 1.54) is 18.8 Å². The van der Waals surface area contributed by atoms with Crippen LogP contribution in [0.25, 0.3) is 0 Å². The van der Waals surface area contributed by atoms with Crippen molar-refractivity contribution in [2.45, 2.75) is 31.8 Å². The molecule has 0 radical (unpaired) electrons. The third-order valence-corrected chi connectivity index (χ3v) is 5.20. The summed E-state index contributed by atoms with van der Waals surface area (Å²) < 4.78 is 22.5. The minimum Gasteiger partial charge on any atom is -0.383 e. The fourth-order valence-electron chi connectivity index (χ4n) is 2.30. The lowest BCUT2D eigenvalue weighted by molar-refractivity contribution is -0.0525. The van der Waals surface area contributed by atoms with Crippen molar-refractivity contribution in [2.24, 2.45) is 0 Å². The van der Waals surface area contributed by atoms with Gasteiger partial charge in [0, 0.05) is 32.4 Å². The summed E-state index contributed by atoms with van der Waals surface area (Å²) in [6, 6.07) is 0. The van der Waals surface area contributed by atoms with E-state index in [0.29, 0.717) is 12.0 Å². The Bertz CT molecular complexity index is 669. The van der Waals surface area contributed by atoms with Crippen LogP contribution in [0.15, 0.2) is 11.0 Å². The second kappa shape index (κ2) is 7.35. The third-order valence-electron chi connectivity index (χ3n) is 3.49. The van der Waals surface area contributed by atoms with Crippen LogP contribution in [-0.4, -0.2) is 47.5 Å². The first kappa shape index (κ1) is 18.5. The molecule has 0 aromatic carbocycles. The summed E-state index contributed by atoms with van der Waals surface area (Å²) in [5.74, 6) is 0.177. The summed E-state index contributed by atoms with van der Waals surface area (Å²) >= 11 is 4.87. The molecule has 4 atom stereocenters. The summed E-state index contributed by atoms with van der Waals surface area (Å²) in [6.07, 6.45) is 0.181. The average Bonchev–Trinajstić information content (AvgIpc) is 2.85. The number of anilines is 1. The van der Waals surface area contributed by atoms with Crippen LogP contribution >= 0.6 is 6.72 Å². The van der Waals surface area contributed by atoms with Crippen LogP contribution < -0.4 is 11.4 Å². The molecule has 0 spiro atoms. The Morgan fingerprint density at radius 1 is 1.61 bits per heavy atom. The van der Waals surface area contributed by atoms with Gasteiger partial charge in [-0.15, -0.1) is 0 Å². The molecule has 9 nitrogen and oxygen atoms in total. The van der Waals surface area contributed by atoms with Crippen molar-refractivity contribution in [1.29, 1.82) is 0 Å². The van der Waals surface area contributed by atoms with Gasteiger partial charge in [-0.25, -0.2) is 4.79 Å². The predicted octanol–water partition coefficient (Wildman–Crippen LogP) is 0.316. The van der Waals surface area contributed by atoms with Gasteiger partial charge >= 0.3 is 12.4 Å². The fraction of sp³-hybridized carbons (Fsp3) is 0.667. The highest BCUT2D eigenvalue weighted by Crippen LogP contribution is 2.47. The van der Waals surface area contributed by atoms with E-state index in [-0.39, 0.29) is 12.4 Å². The van der Waals surface area contributed by atoms with Crippen LogP contribution in [0.5, 0.6) is 0 Å². The number of ether oxygens (including phenoxy) is 2. The molecule has 1 aliphatic heterocycles. The summed E-state index contributed by atoms with van der Waals surface area (Å²) in [5, 5.41) is 0. The van der Waals surface area contributed by atoms with Gasteiger partial charge in [0.2, 0.25) is 0 Å². The van der Waals surface area contributed by atoms with Gasteiger partial charge in [-0.1, -0.05) is 0 Å². The number of aryl methyl sites for hydroxylation is 1. The zero-order valence-electron chi connectivity index (χ0n) is 13.0.